The summed E-state index contributed by atoms with van der Waals surface area (Å²) in [5.74, 6) is 0.653. The molecule has 12 heavy (non-hydrogen) atoms. The van der Waals surface area contributed by atoms with Gasteiger partial charge in [-0.05, 0) is 0 Å². The van der Waals surface area contributed by atoms with Crippen molar-refractivity contribution in [2.75, 3.05) is 18.1 Å². The van der Waals surface area contributed by atoms with E-state index in [2.05, 4.69) is 5.10 Å². The smallest absolute Gasteiger partial charge is 0.415 e. The lowest BCUT2D eigenvalue weighted by Crippen LogP contribution is -2.23. The fourth-order valence-electron chi connectivity index (χ4n) is 1.15. The lowest BCUT2D eigenvalue weighted by Gasteiger charge is -2.06. The number of amides is 1. The Morgan fingerprint density at radius 1 is 1.67 bits per heavy atom. The number of aromatic nitrogens is 2. The molecule has 1 amide bonds. The number of aryl methyl sites for hydroxylation is 1. The van der Waals surface area contributed by atoms with E-state index in [0.29, 0.717) is 19.0 Å². The molecule has 1 saturated heterocycles. The summed E-state index contributed by atoms with van der Waals surface area (Å²) >= 11 is 0. The molecule has 64 valence electrons. The zero-order valence-corrected chi connectivity index (χ0v) is 6.73. The van der Waals surface area contributed by atoms with Crippen molar-refractivity contribution in [3.05, 3.63) is 12.3 Å². The zero-order valence-electron chi connectivity index (χ0n) is 6.73. The average Bonchev–Trinajstić information content (AvgIpc) is 2.58. The van der Waals surface area contributed by atoms with Gasteiger partial charge in [0.05, 0.1) is 6.54 Å². The van der Waals surface area contributed by atoms with E-state index in [1.54, 1.807) is 16.9 Å². The third-order valence-corrected chi connectivity index (χ3v) is 1.74. The molecule has 5 nitrogen and oxygen atoms in total. The summed E-state index contributed by atoms with van der Waals surface area (Å²) in [5.41, 5.74) is 0. The first kappa shape index (κ1) is 7.15. The van der Waals surface area contributed by atoms with Gasteiger partial charge in [0.25, 0.3) is 0 Å². The van der Waals surface area contributed by atoms with Crippen LogP contribution in [-0.4, -0.2) is 29.0 Å². The normalized spacial score (nSPS) is 16.8. The van der Waals surface area contributed by atoms with E-state index in [0.717, 1.165) is 0 Å². The minimum Gasteiger partial charge on any atom is -0.447 e. The van der Waals surface area contributed by atoms with Crippen LogP contribution in [0.4, 0.5) is 10.6 Å². The highest BCUT2D eigenvalue weighted by atomic mass is 16.6. The van der Waals surface area contributed by atoms with Gasteiger partial charge in [0.1, 0.15) is 6.61 Å². The quantitative estimate of drug-likeness (QED) is 0.607. The number of anilines is 1. The molecule has 0 aromatic carbocycles. The lowest BCUT2D eigenvalue weighted by atomic mass is 10.5. The zero-order chi connectivity index (χ0) is 8.55. The van der Waals surface area contributed by atoms with Gasteiger partial charge in [-0.25, -0.2) is 4.79 Å². The SMILES string of the molecule is Cn1ccc(N2CCOC2=O)n1. The summed E-state index contributed by atoms with van der Waals surface area (Å²) in [6.07, 6.45) is 1.48. The summed E-state index contributed by atoms with van der Waals surface area (Å²) in [7, 11) is 1.81. The van der Waals surface area contributed by atoms with E-state index in [4.69, 9.17) is 4.74 Å². The Bertz CT molecular complexity index is 307. The van der Waals surface area contributed by atoms with Gasteiger partial charge in [0.15, 0.2) is 5.82 Å². The van der Waals surface area contributed by atoms with Gasteiger partial charge in [-0.15, -0.1) is 0 Å². The maximum absolute atomic E-state index is 11.0. The molecular weight excluding hydrogens is 158 g/mol. The molecule has 0 radical (unpaired) electrons. The van der Waals surface area contributed by atoms with Crippen LogP contribution in [0.1, 0.15) is 0 Å². The number of hydrogen-bond donors (Lipinski definition) is 0. The van der Waals surface area contributed by atoms with Crippen molar-refractivity contribution in [3.63, 3.8) is 0 Å². The number of carbonyl (C=O) groups is 1. The van der Waals surface area contributed by atoms with Crippen LogP contribution >= 0.6 is 0 Å². The molecule has 0 bridgehead atoms. The van der Waals surface area contributed by atoms with Crippen molar-refractivity contribution >= 4 is 11.9 Å². The van der Waals surface area contributed by atoms with Crippen LogP contribution in [0.15, 0.2) is 12.3 Å². The molecule has 1 aromatic heterocycles. The molecular formula is C7H9N3O2. The standard InChI is InChI=1S/C7H9N3O2/c1-9-3-2-6(8-9)10-4-5-12-7(10)11/h2-3H,4-5H2,1H3. The van der Waals surface area contributed by atoms with E-state index in [9.17, 15) is 4.79 Å². The van der Waals surface area contributed by atoms with Crippen LogP contribution in [0, 0.1) is 0 Å². The number of ether oxygens (including phenoxy) is 1. The van der Waals surface area contributed by atoms with Crippen LogP contribution in [0.3, 0.4) is 0 Å². The Kier molecular flexibility index (Phi) is 1.49. The van der Waals surface area contributed by atoms with Crippen molar-refractivity contribution in [3.8, 4) is 0 Å². The van der Waals surface area contributed by atoms with E-state index < -0.39 is 0 Å². The largest absolute Gasteiger partial charge is 0.447 e. The summed E-state index contributed by atoms with van der Waals surface area (Å²) in [5, 5.41) is 4.08. The second-order valence-corrected chi connectivity index (χ2v) is 2.61. The summed E-state index contributed by atoms with van der Waals surface area (Å²) in [6, 6.07) is 1.78. The first-order valence-corrected chi connectivity index (χ1v) is 3.71. The first-order valence-electron chi connectivity index (χ1n) is 3.71. The molecule has 1 fully saturated rings. The molecule has 0 atom stereocenters. The van der Waals surface area contributed by atoms with Gasteiger partial charge in [0.2, 0.25) is 0 Å². The Balaban J connectivity index is 2.24. The third-order valence-electron chi connectivity index (χ3n) is 1.74. The average molecular weight is 167 g/mol. The van der Waals surface area contributed by atoms with Gasteiger partial charge >= 0.3 is 6.09 Å². The van der Waals surface area contributed by atoms with Crippen molar-refractivity contribution < 1.29 is 9.53 Å². The highest BCUT2D eigenvalue weighted by Crippen LogP contribution is 2.14. The monoisotopic (exact) mass is 167 g/mol. The molecule has 1 aliphatic rings. The fraction of sp³-hybridized carbons (Fsp3) is 0.429. The lowest BCUT2D eigenvalue weighted by molar-refractivity contribution is 0.181. The molecule has 0 saturated carbocycles. The Labute approximate surface area is 69.5 Å². The van der Waals surface area contributed by atoms with E-state index in [1.165, 1.54) is 4.90 Å². The first-order chi connectivity index (χ1) is 5.77. The van der Waals surface area contributed by atoms with E-state index in [1.807, 2.05) is 7.05 Å². The second kappa shape index (κ2) is 2.51. The van der Waals surface area contributed by atoms with Gasteiger partial charge in [-0.3, -0.25) is 9.58 Å². The molecule has 5 heteroatoms. The van der Waals surface area contributed by atoms with Crippen LogP contribution in [0.2, 0.25) is 0 Å². The van der Waals surface area contributed by atoms with Gasteiger partial charge in [-0.2, -0.15) is 5.10 Å². The highest BCUT2D eigenvalue weighted by molar-refractivity contribution is 5.87. The number of nitrogens with zero attached hydrogens (tertiary/aromatic N) is 3. The van der Waals surface area contributed by atoms with Crippen molar-refractivity contribution in [1.82, 2.24) is 9.78 Å². The maximum Gasteiger partial charge on any atom is 0.415 e. The minimum absolute atomic E-state index is 0.311. The third kappa shape index (κ3) is 1.03. The van der Waals surface area contributed by atoms with Crippen LogP contribution < -0.4 is 4.90 Å². The van der Waals surface area contributed by atoms with Crippen LogP contribution in [-0.2, 0) is 11.8 Å². The van der Waals surface area contributed by atoms with Gasteiger partial charge in [-0.1, -0.05) is 0 Å². The Morgan fingerprint density at radius 3 is 3.00 bits per heavy atom. The van der Waals surface area contributed by atoms with Crippen LogP contribution in [0.5, 0.6) is 0 Å². The van der Waals surface area contributed by atoms with E-state index >= 15 is 0 Å². The topological polar surface area (TPSA) is 47.4 Å². The molecule has 0 aliphatic carbocycles. The van der Waals surface area contributed by atoms with Crippen molar-refractivity contribution in [1.29, 1.82) is 0 Å². The van der Waals surface area contributed by atoms with Gasteiger partial charge in [0, 0.05) is 19.3 Å². The predicted octanol–water partition coefficient (Wildman–Crippen LogP) is 0.377. The number of cyclic esters (lactones) is 1. The van der Waals surface area contributed by atoms with Crippen LogP contribution in [0.25, 0.3) is 0 Å². The minimum atomic E-state index is -0.311. The summed E-state index contributed by atoms with van der Waals surface area (Å²) in [6.45, 7) is 1.05. The maximum atomic E-state index is 11.0. The van der Waals surface area contributed by atoms with Crippen molar-refractivity contribution in [2.45, 2.75) is 0 Å². The molecule has 2 heterocycles. The molecule has 1 aromatic rings. The molecule has 0 unspecified atom stereocenters. The van der Waals surface area contributed by atoms with Crippen molar-refractivity contribution in [2.24, 2.45) is 7.05 Å². The fourth-order valence-corrected chi connectivity index (χ4v) is 1.15. The summed E-state index contributed by atoms with van der Waals surface area (Å²) in [4.78, 5) is 12.6. The molecule has 0 N–H and O–H groups in total. The predicted molar refractivity (Wildman–Crippen MR) is 41.9 cm³/mol. The van der Waals surface area contributed by atoms with E-state index in [-0.39, 0.29) is 6.09 Å². The molecule has 0 spiro atoms. The Hall–Kier alpha value is -1.52. The molecule has 2 rings (SSSR count). The number of rotatable bonds is 1. The molecule has 1 aliphatic heterocycles. The second-order valence-electron chi connectivity index (χ2n) is 2.61. The number of hydrogen-bond acceptors (Lipinski definition) is 3. The summed E-state index contributed by atoms with van der Waals surface area (Å²) < 4.78 is 6.42. The Morgan fingerprint density at radius 2 is 2.50 bits per heavy atom. The number of carbonyl (C=O) groups excluding carboxylic acids is 1. The highest BCUT2D eigenvalue weighted by Gasteiger charge is 2.24. The van der Waals surface area contributed by atoms with Gasteiger partial charge < -0.3 is 4.74 Å².